The molecule has 7 heteroatoms. The molecule has 1 aromatic rings. The topological polar surface area (TPSA) is 66.5 Å². The average Bonchev–Trinajstić information content (AvgIpc) is 2.83. The first-order valence-electron chi connectivity index (χ1n) is 7.07. The largest absolute Gasteiger partial charge is 0.322 e. The van der Waals surface area contributed by atoms with Crippen molar-refractivity contribution in [3.8, 4) is 0 Å². The van der Waals surface area contributed by atoms with E-state index in [1.807, 2.05) is 18.2 Å². The molecule has 1 fully saturated rings. The van der Waals surface area contributed by atoms with E-state index >= 15 is 0 Å². The van der Waals surface area contributed by atoms with Gasteiger partial charge in [0.05, 0.1) is 0 Å². The van der Waals surface area contributed by atoms with E-state index in [2.05, 4.69) is 27.9 Å². The summed E-state index contributed by atoms with van der Waals surface area (Å²) in [4.78, 5) is 38.6. The number of imide groups is 1. The molecular formula is C15H15IN2O3S. The molecule has 1 unspecified atom stereocenters. The number of piperidine rings is 1. The Morgan fingerprint density at radius 1 is 1.32 bits per heavy atom. The Morgan fingerprint density at radius 3 is 2.86 bits per heavy atom. The van der Waals surface area contributed by atoms with Crippen LogP contribution in [0, 0.1) is 0 Å². The molecule has 0 aromatic heterocycles. The van der Waals surface area contributed by atoms with E-state index in [0.29, 0.717) is 18.5 Å². The Morgan fingerprint density at radius 2 is 2.14 bits per heavy atom. The molecule has 1 saturated heterocycles. The van der Waals surface area contributed by atoms with Crippen LogP contribution < -0.4 is 5.32 Å². The van der Waals surface area contributed by atoms with Gasteiger partial charge in [0.2, 0.25) is 11.8 Å². The van der Waals surface area contributed by atoms with Gasteiger partial charge in [-0.25, -0.2) is 0 Å². The summed E-state index contributed by atoms with van der Waals surface area (Å²) in [5.74, 6) is 0.257. The Bertz CT molecular complexity index is 650. The van der Waals surface area contributed by atoms with E-state index in [4.69, 9.17) is 0 Å². The Balaban J connectivity index is 1.84. The normalized spacial score (nSPS) is 21.0. The highest BCUT2D eigenvalue weighted by atomic mass is 127. The zero-order chi connectivity index (χ0) is 15.7. The number of hydrogen-bond acceptors (Lipinski definition) is 4. The molecule has 22 heavy (non-hydrogen) atoms. The highest BCUT2D eigenvalue weighted by Gasteiger charge is 2.39. The predicted molar refractivity (Wildman–Crippen MR) is 92.1 cm³/mol. The summed E-state index contributed by atoms with van der Waals surface area (Å²) < 4.78 is 1.04. The number of hydrogen-bond donors (Lipinski definition) is 1. The van der Waals surface area contributed by atoms with Crippen LogP contribution in [0.2, 0.25) is 0 Å². The van der Waals surface area contributed by atoms with Gasteiger partial charge in [0, 0.05) is 33.6 Å². The predicted octanol–water partition coefficient (Wildman–Crippen LogP) is 1.97. The van der Waals surface area contributed by atoms with E-state index in [0.717, 1.165) is 20.6 Å². The van der Waals surface area contributed by atoms with E-state index in [1.54, 1.807) is 16.7 Å². The van der Waals surface area contributed by atoms with Crippen LogP contribution >= 0.6 is 34.4 Å². The van der Waals surface area contributed by atoms with Crippen molar-refractivity contribution < 1.29 is 14.4 Å². The van der Waals surface area contributed by atoms with Gasteiger partial charge in [-0.05, 0) is 24.1 Å². The molecule has 2 heterocycles. The highest BCUT2D eigenvalue weighted by Crippen LogP contribution is 2.34. The van der Waals surface area contributed by atoms with Gasteiger partial charge in [-0.1, -0.05) is 28.7 Å². The third kappa shape index (κ3) is 2.88. The smallest absolute Gasteiger partial charge is 0.255 e. The van der Waals surface area contributed by atoms with Crippen LogP contribution in [0.5, 0.6) is 0 Å². The van der Waals surface area contributed by atoms with E-state index in [1.165, 1.54) is 0 Å². The van der Waals surface area contributed by atoms with E-state index in [-0.39, 0.29) is 24.1 Å². The number of benzene rings is 1. The molecule has 1 atom stereocenters. The van der Waals surface area contributed by atoms with Gasteiger partial charge >= 0.3 is 0 Å². The summed E-state index contributed by atoms with van der Waals surface area (Å²) in [7, 11) is 0. The van der Waals surface area contributed by atoms with E-state index < -0.39 is 6.04 Å². The molecule has 2 aliphatic rings. The molecule has 2 aliphatic heterocycles. The Hall–Kier alpha value is -1.09. The zero-order valence-electron chi connectivity index (χ0n) is 11.8. The van der Waals surface area contributed by atoms with Gasteiger partial charge in [0.15, 0.2) is 0 Å². The molecule has 1 N–H and O–H groups in total. The lowest BCUT2D eigenvalue weighted by atomic mass is 10.0. The molecule has 3 rings (SSSR count). The Kier molecular flexibility index (Phi) is 4.72. The molecule has 3 amide bonds. The molecule has 0 saturated carbocycles. The van der Waals surface area contributed by atoms with E-state index in [9.17, 15) is 14.4 Å². The number of nitrogens with one attached hydrogen (secondary N) is 1. The second-order valence-corrected chi connectivity index (χ2v) is 7.44. The van der Waals surface area contributed by atoms with Crippen LogP contribution in [0.15, 0.2) is 23.1 Å². The third-order valence-electron chi connectivity index (χ3n) is 3.87. The van der Waals surface area contributed by atoms with Crippen LogP contribution in [0.3, 0.4) is 0 Å². The number of halogens is 1. The molecule has 0 radical (unpaired) electrons. The quantitative estimate of drug-likeness (QED) is 0.344. The second kappa shape index (κ2) is 6.57. The molecule has 5 nitrogen and oxygen atoms in total. The van der Waals surface area contributed by atoms with Gasteiger partial charge in [-0.3, -0.25) is 19.7 Å². The minimum absolute atomic E-state index is 0.110. The first kappa shape index (κ1) is 15.8. The van der Waals surface area contributed by atoms with Gasteiger partial charge < -0.3 is 4.90 Å². The van der Waals surface area contributed by atoms with Crippen LogP contribution in [-0.2, 0) is 16.1 Å². The molecule has 0 bridgehead atoms. The van der Waals surface area contributed by atoms with Gasteiger partial charge in [0.25, 0.3) is 5.91 Å². The van der Waals surface area contributed by atoms with Crippen LogP contribution in [-0.4, -0.2) is 38.8 Å². The number of carbonyl (C=O) groups excluding carboxylic acids is 3. The monoisotopic (exact) mass is 430 g/mol. The lowest BCUT2D eigenvalue weighted by Gasteiger charge is -2.29. The van der Waals surface area contributed by atoms with Crippen molar-refractivity contribution in [2.75, 3.05) is 10.2 Å². The average molecular weight is 430 g/mol. The summed E-state index contributed by atoms with van der Waals surface area (Å²) in [5.41, 5.74) is 1.69. The molecule has 0 aliphatic carbocycles. The highest BCUT2D eigenvalue weighted by molar-refractivity contribution is 14.1. The lowest BCUT2D eigenvalue weighted by Crippen LogP contribution is -2.52. The fraction of sp³-hybridized carbons (Fsp3) is 0.400. The fourth-order valence-electron chi connectivity index (χ4n) is 2.84. The molecular weight excluding hydrogens is 415 g/mol. The first-order chi connectivity index (χ1) is 10.6. The van der Waals surface area contributed by atoms with Crippen molar-refractivity contribution >= 4 is 52.1 Å². The summed E-state index contributed by atoms with van der Waals surface area (Å²) in [6.45, 7) is 0.449. The third-order valence-corrected chi connectivity index (χ3v) is 6.25. The van der Waals surface area contributed by atoms with Crippen LogP contribution in [0.25, 0.3) is 0 Å². The van der Waals surface area contributed by atoms with Gasteiger partial charge in [-0.15, -0.1) is 11.8 Å². The zero-order valence-corrected chi connectivity index (χ0v) is 14.8. The van der Waals surface area contributed by atoms with Crippen LogP contribution in [0.4, 0.5) is 0 Å². The number of rotatable bonds is 4. The molecule has 1 aromatic carbocycles. The Labute approximate surface area is 146 Å². The van der Waals surface area contributed by atoms with Crippen molar-refractivity contribution in [3.63, 3.8) is 0 Å². The van der Waals surface area contributed by atoms with Crippen molar-refractivity contribution in [2.24, 2.45) is 0 Å². The van der Waals surface area contributed by atoms with Crippen molar-refractivity contribution in [1.82, 2.24) is 10.2 Å². The maximum absolute atomic E-state index is 12.6. The minimum Gasteiger partial charge on any atom is -0.322 e. The van der Waals surface area contributed by atoms with Crippen molar-refractivity contribution in [3.05, 3.63) is 29.3 Å². The minimum atomic E-state index is -0.542. The van der Waals surface area contributed by atoms with Gasteiger partial charge in [0.1, 0.15) is 6.04 Å². The number of nitrogens with zero attached hydrogens (tertiary/aromatic N) is 1. The second-order valence-electron chi connectivity index (χ2n) is 5.22. The standard InChI is InChI=1S/C15H15IN2O3S/c16-6-7-22-12-3-1-2-9-10(12)8-18(15(9)21)11-4-5-13(19)17-14(11)20/h1-3,11H,4-8H2,(H,17,19,20). The first-order valence-corrected chi connectivity index (χ1v) is 9.58. The number of fused-ring (bicyclic) bond motifs is 1. The van der Waals surface area contributed by atoms with Crippen molar-refractivity contribution in [2.45, 2.75) is 30.3 Å². The summed E-state index contributed by atoms with van der Waals surface area (Å²) >= 11 is 4.06. The summed E-state index contributed by atoms with van der Waals surface area (Å²) in [5, 5.41) is 2.32. The number of amides is 3. The molecule has 0 spiro atoms. The fourth-order valence-corrected chi connectivity index (χ4v) is 4.32. The van der Waals surface area contributed by atoms with Gasteiger partial charge in [-0.2, -0.15) is 0 Å². The number of alkyl halides is 1. The maximum atomic E-state index is 12.6. The van der Waals surface area contributed by atoms with Crippen LogP contribution in [0.1, 0.15) is 28.8 Å². The lowest BCUT2D eigenvalue weighted by molar-refractivity contribution is -0.136. The summed E-state index contributed by atoms with van der Waals surface area (Å²) in [6, 6.07) is 5.19. The van der Waals surface area contributed by atoms with Crippen molar-refractivity contribution in [1.29, 1.82) is 0 Å². The number of carbonyl (C=O) groups is 3. The molecule has 116 valence electrons. The maximum Gasteiger partial charge on any atom is 0.255 e. The summed E-state index contributed by atoms with van der Waals surface area (Å²) in [6.07, 6.45) is 0.688. The SMILES string of the molecule is O=C1CCC(N2Cc3c(SCCI)cccc3C2=O)C(=O)N1. The number of thioether (sulfide) groups is 1.